The van der Waals surface area contributed by atoms with Crippen LogP contribution in [0, 0.1) is 0 Å². The van der Waals surface area contributed by atoms with Crippen LogP contribution < -0.4 is 38.2 Å². The van der Waals surface area contributed by atoms with Gasteiger partial charge < -0.3 is 4.42 Å². The summed E-state index contributed by atoms with van der Waals surface area (Å²) >= 11 is 0. The highest BCUT2D eigenvalue weighted by Crippen LogP contribution is 2.31. The van der Waals surface area contributed by atoms with E-state index in [1.165, 1.54) is 0 Å². The molecule has 4 nitrogen and oxygen atoms in total. The number of aromatic nitrogens is 3. The molecule has 9 aromatic rings. The maximum Gasteiger partial charge on any atom is 0.164 e. The third-order valence-electron chi connectivity index (χ3n) is 10.2. The van der Waals surface area contributed by atoms with Crippen molar-refractivity contribution >= 4 is 115 Å². The van der Waals surface area contributed by atoms with Gasteiger partial charge in [-0.2, -0.15) is 0 Å². The first-order valence-electron chi connectivity index (χ1n) is 17.8. The Hall–Kier alpha value is -6.20. The van der Waals surface area contributed by atoms with E-state index in [0.29, 0.717) is 39.4 Å². The summed E-state index contributed by atoms with van der Waals surface area (Å²) in [5.74, 6) is 1.56. The van der Waals surface area contributed by atoms with Crippen LogP contribution in [0.3, 0.4) is 0 Å². The van der Waals surface area contributed by atoms with Crippen LogP contribution in [0.2, 0.25) is 0 Å². The van der Waals surface area contributed by atoms with Crippen LogP contribution in [0.4, 0.5) is 0 Å². The van der Waals surface area contributed by atoms with Crippen molar-refractivity contribution < 1.29 is 4.42 Å². The second kappa shape index (κ2) is 14.1. The zero-order valence-electron chi connectivity index (χ0n) is 30.0. The van der Waals surface area contributed by atoms with Crippen LogP contribution in [0.5, 0.6) is 0 Å². The highest BCUT2D eigenvalue weighted by atomic mass is 16.3. The number of benzene rings is 7. The minimum Gasteiger partial charge on any atom is -0.457 e. The zero-order valence-corrected chi connectivity index (χ0v) is 30.0. The predicted octanol–water partition coefficient (Wildman–Crippen LogP) is 3.33. The Morgan fingerprint density at radius 3 is 1.27 bits per heavy atom. The molecule has 0 saturated heterocycles. The van der Waals surface area contributed by atoms with Crippen LogP contribution >= 0.6 is 0 Å². The molecule has 11 heteroatoms. The van der Waals surface area contributed by atoms with Gasteiger partial charge in [-0.25, -0.2) is 15.0 Å². The fraction of sp³-hybridized carbons (Fsp3) is 0. The molecule has 0 aliphatic heterocycles. The third kappa shape index (κ3) is 6.03. The average Bonchev–Trinajstić information content (AvgIpc) is 3.67. The molecule has 0 aliphatic carbocycles. The van der Waals surface area contributed by atoms with Crippen molar-refractivity contribution in [2.24, 2.45) is 0 Å². The van der Waals surface area contributed by atoms with Gasteiger partial charge in [0.05, 0.1) is 0 Å². The maximum absolute atomic E-state index is 6.77. The van der Waals surface area contributed by atoms with Crippen molar-refractivity contribution in [2.45, 2.75) is 0 Å². The quantitative estimate of drug-likeness (QED) is 0.251. The van der Waals surface area contributed by atoms with Crippen LogP contribution in [0.25, 0.3) is 89.5 Å². The SMILES string of the molecule is [B]c1c([B])c([B])c2c(oc3c([B])c(-c4ccc(-c5nc(-c6ccc(-c7ccccc7)cc6)nc(-c6cccc(-c7ccccc7)c6)n5)cc4)c([B])c([B])c32)c1[B]. The lowest BCUT2D eigenvalue weighted by atomic mass is 9.64. The number of rotatable bonds is 6. The maximum atomic E-state index is 6.77. The summed E-state index contributed by atoms with van der Waals surface area (Å²) < 4.78 is 6.17. The Kier molecular flexibility index (Phi) is 8.97. The summed E-state index contributed by atoms with van der Waals surface area (Å²) in [5, 5.41) is 0.831. The largest absolute Gasteiger partial charge is 0.457 e. The van der Waals surface area contributed by atoms with Gasteiger partial charge in [0.2, 0.25) is 0 Å². The van der Waals surface area contributed by atoms with Gasteiger partial charge in [0.1, 0.15) is 66.1 Å². The number of hydrogen-bond donors (Lipinski definition) is 0. The standard InChI is InChI=1S/C45H22B7N3O/c46-34-31(37(49)41-32(35(34)47)33-36(48)38(50)39(51)40(52)42(33)56-41)26-16-20-28(21-17-26)44-53-43(27-18-14-25(15-19-27)23-8-3-1-4-9-23)54-45(55-44)30-13-7-12-29(22-30)24-10-5-2-6-11-24/h1-22H. The van der Waals surface area contributed by atoms with Gasteiger partial charge in [0, 0.05) is 27.5 Å². The Morgan fingerprint density at radius 1 is 0.304 bits per heavy atom. The third-order valence-corrected chi connectivity index (χ3v) is 10.2. The van der Waals surface area contributed by atoms with Crippen LogP contribution in [0.15, 0.2) is 138 Å². The highest BCUT2D eigenvalue weighted by molar-refractivity contribution is 6.69. The molecule has 2 heterocycles. The monoisotopic (exact) mass is 697 g/mol. The number of nitrogens with zero attached hydrogens (tertiary/aromatic N) is 3. The summed E-state index contributed by atoms with van der Waals surface area (Å²) in [4.78, 5) is 15.0. The summed E-state index contributed by atoms with van der Waals surface area (Å²) in [7, 11) is 45.1. The first-order valence-corrected chi connectivity index (χ1v) is 17.8. The summed E-state index contributed by atoms with van der Waals surface area (Å²) in [6.07, 6.45) is 0. The Bertz CT molecular complexity index is 2970. The molecule has 2 aromatic heterocycles. The van der Waals surface area contributed by atoms with Gasteiger partial charge in [-0.1, -0.05) is 149 Å². The normalized spacial score (nSPS) is 11.4. The predicted molar refractivity (Wildman–Crippen MR) is 237 cm³/mol. The molecule has 7 aromatic carbocycles. The van der Waals surface area contributed by atoms with E-state index in [0.717, 1.165) is 38.9 Å². The van der Waals surface area contributed by atoms with Crippen molar-refractivity contribution in [1.82, 2.24) is 15.0 Å². The first kappa shape index (κ1) is 35.5. The Morgan fingerprint density at radius 2 is 0.696 bits per heavy atom. The second-order valence-corrected chi connectivity index (χ2v) is 13.6. The molecular formula is C45H22B7N3O. The lowest BCUT2D eigenvalue weighted by molar-refractivity contribution is 0.675. The van der Waals surface area contributed by atoms with Gasteiger partial charge in [-0.15, -0.1) is 10.9 Å². The first-order chi connectivity index (χ1) is 27.2. The summed E-state index contributed by atoms with van der Waals surface area (Å²) in [5.41, 5.74) is 9.83. The van der Waals surface area contributed by atoms with E-state index in [1.54, 1.807) is 0 Å². The molecule has 0 aliphatic rings. The molecule has 0 bridgehead atoms. The molecule has 56 heavy (non-hydrogen) atoms. The molecule has 0 N–H and O–H groups in total. The van der Waals surface area contributed by atoms with Gasteiger partial charge in [-0.3, -0.25) is 0 Å². The molecular weight excluding hydrogens is 674 g/mol. The number of hydrogen-bond acceptors (Lipinski definition) is 4. The van der Waals surface area contributed by atoms with Crippen molar-refractivity contribution in [3.8, 4) is 67.5 Å². The average molecular weight is 696 g/mol. The molecule has 0 spiro atoms. The van der Waals surface area contributed by atoms with Crippen LogP contribution in [-0.4, -0.2) is 69.9 Å². The van der Waals surface area contributed by atoms with Crippen LogP contribution in [-0.2, 0) is 0 Å². The molecule has 0 saturated carbocycles. The van der Waals surface area contributed by atoms with Gasteiger partial charge in [0.15, 0.2) is 17.5 Å². The van der Waals surface area contributed by atoms with Crippen molar-refractivity contribution in [2.75, 3.05) is 0 Å². The molecule has 0 atom stereocenters. The van der Waals surface area contributed by atoms with Crippen molar-refractivity contribution in [3.05, 3.63) is 133 Å². The van der Waals surface area contributed by atoms with E-state index in [2.05, 4.69) is 48.5 Å². The molecule has 244 valence electrons. The van der Waals surface area contributed by atoms with Crippen molar-refractivity contribution in [3.63, 3.8) is 0 Å². The number of furan rings is 1. The van der Waals surface area contributed by atoms with Gasteiger partial charge in [0.25, 0.3) is 0 Å². The van der Waals surface area contributed by atoms with Gasteiger partial charge >= 0.3 is 0 Å². The summed E-state index contributed by atoms with van der Waals surface area (Å²) in [6.45, 7) is 0. The minimum atomic E-state index is 0.118. The van der Waals surface area contributed by atoms with E-state index >= 15 is 0 Å². The van der Waals surface area contributed by atoms with Crippen molar-refractivity contribution in [1.29, 1.82) is 0 Å². The molecule has 9 rings (SSSR count). The van der Waals surface area contributed by atoms with E-state index in [9.17, 15) is 0 Å². The Balaban J connectivity index is 1.15. The fourth-order valence-electron chi connectivity index (χ4n) is 7.17. The molecule has 0 fully saturated rings. The topological polar surface area (TPSA) is 51.8 Å². The fourth-order valence-corrected chi connectivity index (χ4v) is 7.17. The lowest BCUT2D eigenvalue weighted by Gasteiger charge is -2.17. The second-order valence-electron chi connectivity index (χ2n) is 13.6. The molecule has 14 radical (unpaired) electrons. The minimum absolute atomic E-state index is 0.118. The summed E-state index contributed by atoms with van der Waals surface area (Å²) in [6, 6.07) is 44.4. The number of fused-ring (bicyclic) bond motifs is 3. The smallest absolute Gasteiger partial charge is 0.164 e. The zero-order chi connectivity index (χ0) is 38.7. The van der Waals surface area contributed by atoms with Gasteiger partial charge in [-0.05, 0) is 44.9 Å². The van der Waals surface area contributed by atoms with E-state index in [1.807, 2.05) is 84.9 Å². The van der Waals surface area contributed by atoms with E-state index in [4.69, 9.17) is 74.3 Å². The Labute approximate surface area is 334 Å². The van der Waals surface area contributed by atoms with E-state index < -0.39 is 0 Å². The molecule has 0 amide bonds. The lowest BCUT2D eigenvalue weighted by Crippen LogP contribution is -2.47. The van der Waals surface area contributed by atoms with E-state index in [-0.39, 0.29) is 49.4 Å². The van der Waals surface area contributed by atoms with Crippen LogP contribution in [0.1, 0.15) is 0 Å². The highest BCUT2D eigenvalue weighted by Gasteiger charge is 2.22. The molecule has 0 unspecified atom stereocenters.